The molecule has 0 aliphatic heterocycles. The van der Waals surface area contributed by atoms with Crippen molar-refractivity contribution in [2.45, 2.75) is 45.1 Å². The van der Waals surface area contributed by atoms with Crippen LogP contribution in [0.1, 0.15) is 39.0 Å². The van der Waals surface area contributed by atoms with E-state index in [1.807, 2.05) is 6.92 Å². The lowest BCUT2D eigenvalue weighted by Gasteiger charge is -2.22. The average Bonchev–Trinajstić information content (AvgIpc) is 2.16. The van der Waals surface area contributed by atoms with Gasteiger partial charge in [0.05, 0.1) is 6.61 Å². The van der Waals surface area contributed by atoms with Crippen LogP contribution in [0.4, 0.5) is 4.79 Å². The third-order valence-electron chi connectivity index (χ3n) is 2.25. The van der Waals surface area contributed by atoms with E-state index in [0.717, 1.165) is 12.8 Å². The molecule has 1 aliphatic carbocycles. The number of hydroxylamine groups is 1. The molecule has 4 heteroatoms. The molecule has 2 N–H and O–H groups in total. The number of carbonyl (C=O) groups is 1. The highest BCUT2D eigenvalue weighted by atomic mass is 16.7. The summed E-state index contributed by atoms with van der Waals surface area (Å²) >= 11 is 0. The Kier molecular flexibility index (Phi) is 4.60. The highest BCUT2D eigenvalue weighted by Crippen LogP contribution is 2.16. The van der Waals surface area contributed by atoms with Gasteiger partial charge in [-0.2, -0.15) is 0 Å². The van der Waals surface area contributed by atoms with Crippen LogP contribution in [0.3, 0.4) is 0 Å². The molecular weight excluding hydrogens is 168 g/mol. The fourth-order valence-electron chi connectivity index (χ4n) is 1.60. The summed E-state index contributed by atoms with van der Waals surface area (Å²) in [7, 11) is 0. The Hall–Kier alpha value is -0.770. The highest BCUT2D eigenvalue weighted by Gasteiger charge is 2.14. The van der Waals surface area contributed by atoms with E-state index in [-0.39, 0.29) is 6.03 Å². The molecule has 0 bridgehead atoms. The third-order valence-corrected chi connectivity index (χ3v) is 2.25. The molecular formula is C9H18N2O2. The maximum absolute atomic E-state index is 11.1. The summed E-state index contributed by atoms with van der Waals surface area (Å²) in [6, 6.07) is 0.128. The normalized spacial score (nSPS) is 18.2. The van der Waals surface area contributed by atoms with E-state index in [1.54, 1.807) is 0 Å². The van der Waals surface area contributed by atoms with Crippen LogP contribution >= 0.6 is 0 Å². The lowest BCUT2D eigenvalue weighted by Crippen LogP contribution is -2.42. The van der Waals surface area contributed by atoms with Crippen molar-refractivity contribution < 1.29 is 9.63 Å². The van der Waals surface area contributed by atoms with Gasteiger partial charge < -0.3 is 5.32 Å². The average molecular weight is 186 g/mol. The first kappa shape index (κ1) is 10.3. The number of amides is 2. The molecule has 0 aromatic rings. The van der Waals surface area contributed by atoms with Gasteiger partial charge in [0, 0.05) is 6.04 Å². The summed E-state index contributed by atoms with van der Waals surface area (Å²) in [5.41, 5.74) is 2.33. The third kappa shape index (κ3) is 4.12. The number of urea groups is 1. The predicted octanol–water partition coefficient (Wildman–Crippen LogP) is 1.57. The van der Waals surface area contributed by atoms with Crippen LogP contribution in [0.2, 0.25) is 0 Å². The molecule has 0 aromatic carbocycles. The second-order valence-corrected chi connectivity index (χ2v) is 3.34. The quantitative estimate of drug-likeness (QED) is 0.657. The Morgan fingerprint density at radius 2 is 2.08 bits per heavy atom. The smallest absolute Gasteiger partial charge is 0.334 e. The van der Waals surface area contributed by atoms with Crippen LogP contribution in [-0.4, -0.2) is 18.7 Å². The zero-order valence-corrected chi connectivity index (χ0v) is 8.14. The maximum Gasteiger partial charge on any atom is 0.338 e. The van der Waals surface area contributed by atoms with Gasteiger partial charge in [0.1, 0.15) is 0 Å². The van der Waals surface area contributed by atoms with Crippen molar-refractivity contribution in [2.75, 3.05) is 6.61 Å². The van der Waals surface area contributed by atoms with Crippen molar-refractivity contribution >= 4 is 6.03 Å². The van der Waals surface area contributed by atoms with Crippen LogP contribution < -0.4 is 10.8 Å². The Balaban J connectivity index is 2.11. The number of nitrogens with one attached hydrogen (secondary N) is 2. The zero-order chi connectivity index (χ0) is 9.52. The molecule has 0 radical (unpaired) electrons. The van der Waals surface area contributed by atoms with Crippen molar-refractivity contribution in [3.63, 3.8) is 0 Å². The molecule has 0 unspecified atom stereocenters. The van der Waals surface area contributed by atoms with E-state index >= 15 is 0 Å². The van der Waals surface area contributed by atoms with Crippen LogP contribution in [0, 0.1) is 0 Å². The van der Waals surface area contributed by atoms with E-state index in [1.165, 1.54) is 19.3 Å². The van der Waals surface area contributed by atoms with E-state index in [2.05, 4.69) is 10.8 Å². The van der Waals surface area contributed by atoms with Gasteiger partial charge >= 0.3 is 6.03 Å². The molecule has 0 spiro atoms. The zero-order valence-electron chi connectivity index (χ0n) is 8.14. The molecule has 4 nitrogen and oxygen atoms in total. The van der Waals surface area contributed by atoms with Gasteiger partial charge in [-0.05, 0) is 19.8 Å². The summed E-state index contributed by atoms with van der Waals surface area (Å²) in [5, 5.41) is 2.88. The summed E-state index contributed by atoms with van der Waals surface area (Å²) < 4.78 is 0. The van der Waals surface area contributed by atoms with Crippen molar-refractivity contribution in [1.82, 2.24) is 10.8 Å². The Morgan fingerprint density at radius 3 is 2.69 bits per heavy atom. The number of carbonyl (C=O) groups excluding carboxylic acids is 1. The number of hydrogen-bond donors (Lipinski definition) is 2. The van der Waals surface area contributed by atoms with Crippen LogP contribution in [0.25, 0.3) is 0 Å². The SMILES string of the molecule is CCONC(=O)NC1CCCCC1. The van der Waals surface area contributed by atoms with Crippen molar-refractivity contribution in [1.29, 1.82) is 0 Å². The van der Waals surface area contributed by atoms with E-state index in [0.29, 0.717) is 12.6 Å². The Labute approximate surface area is 79.0 Å². The fraction of sp³-hybridized carbons (Fsp3) is 0.889. The minimum Gasteiger partial charge on any atom is -0.334 e. The molecule has 0 atom stereocenters. The fourth-order valence-corrected chi connectivity index (χ4v) is 1.60. The minimum atomic E-state index is -0.214. The first-order valence-electron chi connectivity index (χ1n) is 5.01. The van der Waals surface area contributed by atoms with Crippen molar-refractivity contribution in [2.24, 2.45) is 0 Å². The summed E-state index contributed by atoms with van der Waals surface area (Å²) in [4.78, 5) is 15.9. The number of rotatable bonds is 3. The minimum absolute atomic E-state index is 0.214. The molecule has 0 aromatic heterocycles. The van der Waals surface area contributed by atoms with E-state index in [4.69, 9.17) is 4.84 Å². The van der Waals surface area contributed by atoms with E-state index < -0.39 is 0 Å². The molecule has 0 saturated heterocycles. The van der Waals surface area contributed by atoms with Gasteiger partial charge in [-0.1, -0.05) is 19.3 Å². The molecule has 2 amide bonds. The summed E-state index contributed by atoms with van der Waals surface area (Å²) in [6.45, 7) is 2.33. The maximum atomic E-state index is 11.1. The first-order valence-corrected chi connectivity index (χ1v) is 5.01. The highest BCUT2D eigenvalue weighted by molar-refractivity contribution is 5.72. The largest absolute Gasteiger partial charge is 0.338 e. The standard InChI is InChI=1S/C9H18N2O2/c1-2-13-11-9(12)10-8-6-4-3-5-7-8/h8H,2-7H2,1H3,(H2,10,11,12). The van der Waals surface area contributed by atoms with Gasteiger partial charge in [0.15, 0.2) is 0 Å². The number of hydrogen-bond acceptors (Lipinski definition) is 2. The van der Waals surface area contributed by atoms with E-state index in [9.17, 15) is 4.79 Å². The van der Waals surface area contributed by atoms with Crippen LogP contribution in [0.15, 0.2) is 0 Å². The molecule has 76 valence electrons. The molecule has 0 heterocycles. The van der Waals surface area contributed by atoms with Crippen LogP contribution in [-0.2, 0) is 4.84 Å². The Bertz CT molecular complexity index is 156. The lowest BCUT2D eigenvalue weighted by molar-refractivity contribution is 0.0689. The molecule has 13 heavy (non-hydrogen) atoms. The molecule has 1 saturated carbocycles. The second-order valence-electron chi connectivity index (χ2n) is 3.34. The molecule has 1 fully saturated rings. The summed E-state index contributed by atoms with van der Waals surface area (Å²) in [6.07, 6.45) is 5.93. The van der Waals surface area contributed by atoms with Crippen molar-refractivity contribution in [3.05, 3.63) is 0 Å². The van der Waals surface area contributed by atoms with Gasteiger partial charge in [-0.15, -0.1) is 0 Å². The van der Waals surface area contributed by atoms with Gasteiger partial charge in [0.25, 0.3) is 0 Å². The topological polar surface area (TPSA) is 50.4 Å². The first-order chi connectivity index (χ1) is 6.33. The van der Waals surface area contributed by atoms with Gasteiger partial charge in [-0.25, -0.2) is 10.3 Å². The Morgan fingerprint density at radius 1 is 1.38 bits per heavy atom. The van der Waals surface area contributed by atoms with Crippen molar-refractivity contribution in [3.8, 4) is 0 Å². The summed E-state index contributed by atoms with van der Waals surface area (Å²) in [5.74, 6) is 0. The molecule has 1 rings (SSSR count). The van der Waals surface area contributed by atoms with Gasteiger partial charge in [-0.3, -0.25) is 4.84 Å². The predicted molar refractivity (Wildman–Crippen MR) is 50.2 cm³/mol. The molecule has 1 aliphatic rings. The van der Waals surface area contributed by atoms with Gasteiger partial charge in [0.2, 0.25) is 0 Å². The van der Waals surface area contributed by atoms with Crippen LogP contribution in [0.5, 0.6) is 0 Å². The monoisotopic (exact) mass is 186 g/mol. The second kappa shape index (κ2) is 5.80. The lowest BCUT2D eigenvalue weighted by atomic mass is 9.96.